The number of rotatable bonds is 10. The lowest BCUT2D eigenvalue weighted by molar-refractivity contribution is 0.0996. The molecule has 0 saturated heterocycles. The summed E-state index contributed by atoms with van der Waals surface area (Å²) in [5, 5.41) is 22.6. The van der Waals surface area contributed by atoms with Crippen LogP contribution in [-0.2, 0) is 0 Å². The number of halogens is 1. The highest BCUT2D eigenvalue weighted by atomic mass is 35.5. The third-order valence-electron chi connectivity index (χ3n) is 4.11. The molecule has 0 saturated carbocycles. The second-order valence-corrected chi connectivity index (χ2v) is 6.32. The van der Waals surface area contributed by atoms with Gasteiger partial charge in [0.25, 0.3) is 5.91 Å². The molecule has 0 bridgehead atoms. The summed E-state index contributed by atoms with van der Waals surface area (Å²) in [5.74, 6) is -0.0733. The molecule has 10 nitrogen and oxygen atoms in total. The van der Waals surface area contributed by atoms with Gasteiger partial charge in [0.2, 0.25) is 0 Å². The normalized spacial score (nSPS) is 11.6. The first-order valence-electron chi connectivity index (χ1n) is 8.92. The van der Waals surface area contributed by atoms with Crippen molar-refractivity contribution in [1.82, 2.24) is 15.3 Å². The molecule has 11 heteroatoms. The van der Waals surface area contributed by atoms with Crippen molar-refractivity contribution in [1.29, 1.82) is 0 Å². The topological polar surface area (TPSA) is 163 Å². The quantitative estimate of drug-likeness (QED) is 0.251. The summed E-state index contributed by atoms with van der Waals surface area (Å²) in [4.78, 5) is 27.9. The molecular formula is C19H23ClN4O6. The Bertz CT molecular complexity index is 1050. The molecule has 1 atom stereocenters. The monoisotopic (exact) mass is 438 g/mol. The smallest absolute Gasteiger partial charge is 0.323 e. The summed E-state index contributed by atoms with van der Waals surface area (Å²) >= 11 is 0. The molecule has 1 unspecified atom stereocenters. The number of amides is 1. The van der Waals surface area contributed by atoms with Crippen LogP contribution in [0.5, 0.6) is 17.2 Å². The van der Waals surface area contributed by atoms with Crippen molar-refractivity contribution in [2.24, 2.45) is 5.73 Å². The molecule has 162 valence electrons. The number of para-hydroxylation sites is 1. The van der Waals surface area contributed by atoms with Gasteiger partial charge in [-0.05, 0) is 30.3 Å². The average Bonchev–Trinajstić information content (AvgIpc) is 3.07. The van der Waals surface area contributed by atoms with Crippen LogP contribution in [0.3, 0.4) is 0 Å². The van der Waals surface area contributed by atoms with Gasteiger partial charge in [0, 0.05) is 13.1 Å². The molecule has 3 aromatic rings. The number of nitrogens with two attached hydrogens (primary N) is 1. The number of aromatic nitrogens is 2. The first kappa shape index (κ1) is 23.1. The van der Waals surface area contributed by atoms with E-state index in [0.717, 1.165) is 0 Å². The van der Waals surface area contributed by atoms with Gasteiger partial charge in [0.05, 0.1) is 11.1 Å². The Labute approximate surface area is 177 Å². The van der Waals surface area contributed by atoms with Crippen LogP contribution in [0.2, 0.25) is 0 Å². The third kappa shape index (κ3) is 5.89. The molecule has 1 amide bonds. The van der Waals surface area contributed by atoms with Gasteiger partial charge in [-0.2, -0.15) is 0 Å². The number of primary amides is 1. The highest BCUT2D eigenvalue weighted by Gasteiger charge is 2.10. The maximum Gasteiger partial charge on any atom is 0.323 e. The number of aromatic amines is 2. The minimum atomic E-state index is -0.772. The molecule has 1 heterocycles. The number of benzene rings is 2. The molecule has 0 aliphatic carbocycles. The molecule has 0 aliphatic rings. The number of imidazole rings is 1. The van der Waals surface area contributed by atoms with Gasteiger partial charge in [-0.3, -0.25) is 4.79 Å². The van der Waals surface area contributed by atoms with E-state index >= 15 is 0 Å². The highest BCUT2D eigenvalue weighted by molar-refractivity contribution is 5.95. The van der Waals surface area contributed by atoms with Gasteiger partial charge >= 0.3 is 5.69 Å². The Morgan fingerprint density at radius 1 is 1.20 bits per heavy atom. The fourth-order valence-electron chi connectivity index (χ4n) is 2.71. The van der Waals surface area contributed by atoms with Crippen molar-refractivity contribution < 1.29 is 24.5 Å². The van der Waals surface area contributed by atoms with Crippen LogP contribution in [-0.4, -0.2) is 58.5 Å². The zero-order chi connectivity index (χ0) is 20.8. The number of aromatic hydroxyl groups is 1. The molecule has 1 aromatic heterocycles. The zero-order valence-electron chi connectivity index (χ0n) is 15.9. The predicted molar refractivity (Wildman–Crippen MR) is 113 cm³/mol. The fraction of sp³-hybridized carbons (Fsp3) is 0.263. The lowest BCUT2D eigenvalue weighted by Crippen LogP contribution is -2.33. The van der Waals surface area contributed by atoms with Crippen LogP contribution < -0.4 is 26.2 Å². The van der Waals surface area contributed by atoms with Crippen LogP contribution in [0.15, 0.2) is 41.2 Å². The lowest BCUT2D eigenvalue weighted by atomic mass is 10.2. The SMILES string of the molecule is Cl.NC(=O)c1cc(OCCNCC(O)COc2cccc3[nH]c(=O)[nH]c23)ccc1O. The predicted octanol–water partition coefficient (Wildman–Crippen LogP) is 0.491. The van der Waals surface area contributed by atoms with Crippen molar-refractivity contribution in [2.75, 3.05) is 26.3 Å². The first-order chi connectivity index (χ1) is 13.9. The van der Waals surface area contributed by atoms with Gasteiger partial charge in [0.1, 0.15) is 42.1 Å². The van der Waals surface area contributed by atoms with Crippen molar-refractivity contribution >= 4 is 29.3 Å². The van der Waals surface area contributed by atoms with Gasteiger partial charge in [-0.25, -0.2) is 4.79 Å². The second-order valence-electron chi connectivity index (χ2n) is 6.32. The molecule has 2 aromatic carbocycles. The molecule has 3 rings (SSSR count). The van der Waals surface area contributed by atoms with Gasteiger partial charge < -0.3 is 40.7 Å². The molecule has 0 radical (unpaired) electrons. The van der Waals surface area contributed by atoms with E-state index in [1.54, 1.807) is 18.2 Å². The summed E-state index contributed by atoms with van der Waals surface area (Å²) < 4.78 is 11.1. The summed E-state index contributed by atoms with van der Waals surface area (Å²) in [7, 11) is 0. The van der Waals surface area contributed by atoms with Crippen LogP contribution in [0.25, 0.3) is 11.0 Å². The number of hydrogen-bond donors (Lipinski definition) is 6. The molecule has 30 heavy (non-hydrogen) atoms. The maximum absolute atomic E-state index is 11.4. The number of ether oxygens (including phenoxy) is 2. The molecule has 0 spiro atoms. The number of H-pyrrole nitrogens is 2. The van der Waals surface area contributed by atoms with E-state index in [9.17, 15) is 19.8 Å². The summed E-state index contributed by atoms with van der Waals surface area (Å²) in [6.45, 7) is 1.02. The second kappa shape index (κ2) is 10.5. The highest BCUT2D eigenvalue weighted by Crippen LogP contribution is 2.22. The summed E-state index contributed by atoms with van der Waals surface area (Å²) in [6.07, 6.45) is -0.772. The van der Waals surface area contributed by atoms with Gasteiger partial charge in [-0.15, -0.1) is 12.4 Å². The van der Waals surface area contributed by atoms with E-state index in [4.69, 9.17) is 15.2 Å². The lowest BCUT2D eigenvalue weighted by Gasteiger charge is -2.14. The Morgan fingerprint density at radius 2 is 2.00 bits per heavy atom. The van der Waals surface area contributed by atoms with E-state index in [1.165, 1.54) is 18.2 Å². The van der Waals surface area contributed by atoms with E-state index in [2.05, 4.69) is 15.3 Å². The average molecular weight is 439 g/mol. The number of carbonyl (C=O) groups excluding carboxylic acids is 1. The summed E-state index contributed by atoms with van der Waals surface area (Å²) in [6, 6.07) is 9.43. The number of fused-ring (bicyclic) bond motifs is 1. The van der Waals surface area contributed by atoms with Crippen molar-refractivity contribution in [3.8, 4) is 17.2 Å². The number of aliphatic hydroxyl groups is 1. The van der Waals surface area contributed by atoms with E-state index in [-0.39, 0.29) is 49.2 Å². The maximum atomic E-state index is 11.4. The molecular weight excluding hydrogens is 416 g/mol. The molecule has 0 fully saturated rings. The van der Waals surface area contributed by atoms with E-state index < -0.39 is 12.0 Å². The van der Waals surface area contributed by atoms with Crippen LogP contribution in [0.4, 0.5) is 0 Å². The summed E-state index contributed by atoms with van der Waals surface area (Å²) in [5.41, 5.74) is 6.02. The van der Waals surface area contributed by atoms with Gasteiger partial charge in [-0.1, -0.05) is 6.07 Å². The largest absolute Gasteiger partial charge is 0.507 e. The van der Waals surface area contributed by atoms with Crippen LogP contribution in [0, 0.1) is 0 Å². The Kier molecular flexibility index (Phi) is 8.10. The van der Waals surface area contributed by atoms with Crippen molar-refractivity contribution in [2.45, 2.75) is 6.10 Å². The zero-order valence-corrected chi connectivity index (χ0v) is 16.7. The Hall–Kier alpha value is -3.21. The van der Waals surface area contributed by atoms with Crippen LogP contribution >= 0.6 is 12.4 Å². The van der Waals surface area contributed by atoms with E-state index in [1.807, 2.05) is 0 Å². The van der Waals surface area contributed by atoms with Gasteiger partial charge in [0.15, 0.2) is 0 Å². The standard InChI is InChI=1S/C19H22N4O6.ClH/c20-18(26)13-8-12(4-5-15(13)25)28-7-6-21-9-11(24)10-29-16-3-1-2-14-17(16)23-19(27)22-14;/h1-5,8,11,21,24-25H,6-7,9-10H2,(H2,20,26)(H2,22,23,27);1H. The fourth-order valence-corrected chi connectivity index (χ4v) is 2.71. The Balaban J connectivity index is 0.00000320. The number of aliphatic hydroxyl groups excluding tert-OH is 1. The Morgan fingerprint density at radius 3 is 2.77 bits per heavy atom. The molecule has 0 aliphatic heterocycles. The number of hydrogen-bond acceptors (Lipinski definition) is 7. The first-order valence-corrected chi connectivity index (χ1v) is 8.92. The minimum Gasteiger partial charge on any atom is -0.507 e. The molecule has 7 N–H and O–H groups in total. The number of nitrogens with one attached hydrogen (secondary N) is 3. The van der Waals surface area contributed by atoms with E-state index in [0.29, 0.717) is 29.1 Å². The minimum absolute atomic E-state index is 0. The third-order valence-corrected chi connectivity index (χ3v) is 4.11. The number of phenols is 1. The number of carbonyl (C=O) groups is 1. The van der Waals surface area contributed by atoms with Crippen molar-refractivity contribution in [3.05, 3.63) is 52.4 Å². The van der Waals surface area contributed by atoms with Crippen LogP contribution in [0.1, 0.15) is 10.4 Å². The van der Waals surface area contributed by atoms with Crippen molar-refractivity contribution in [3.63, 3.8) is 0 Å².